The summed E-state index contributed by atoms with van der Waals surface area (Å²) in [5.74, 6) is -1.79. The predicted molar refractivity (Wildman–Crippen MR) is 88.2 cm³/mol. The van der Waals surface area contributed by atoms with Crippen LogP contribution in [0.3, 0.4) is 0 Å². The van der Waals surface area contributed by atoms with Crippen LogP contribution < -0.4 is 0 Å². The molecule has 0 spiro atoms. The molecule has 0 saturated heterocycles. The maximum atomic E-state index is 12.3. The van der Waals surface area contributed by atoms with Gasteiger partial charge in [0.05, 0.1) is 4.92 Å². The molecule has 0 heterocycles. The zero-order valence-electron chi connectivity index (χ0n) is 11.5. The first-order chi connectivity index (χ1) is 10.9. The molecule has 2 aromatic carbocycles. The van der Waals surface area contributed by atoms with Gasteiger partial charge in [-0.05, 0) is 23.8 Å². The smallest absolute Gasteiger partial charge is 0.319 e. The van der Waals surface area contributed by atoms with Crippen molar-refractivity contribution >= 4 is 46.5 Å². The number of nitrogens with zero attached hydrogens (tertiary/aromatic N) is 1. The number of ether oxygens (including phenoxy) is 1. The van der Waals surface area contributed by atoms with Crippen LogP contribution in [0.15, 0.2) is 42.5 Å². The van der Waals surface area contributed by atoms with Crippen molar-refractivity contribution in [3.05, 3.63) is 73.8 Å². The molecule has 1 atom stereocenters. The third kappa shape index (κ3) is 4.13. The summed E-state index contributed by atoms with van der Waals surface area (Å²) >= 11 is 17.4. The number of rotatable bonds is 5. The Morgan fingerprint density at radius 1 is 1.17 bits per heavy atom. The monoisotopic (exact) mass is 373 g/mol. The third-order valence-electron chi connectivity index (χ3n) is 3.10. The quantitative estimate of drug-likeness (QED) is 0.327. The van der Waals surface area contributed by atoms with E-state index in [1.54, 1.807) is 6.07 Å². The summed E-state index contributed by atoms with van der Waals surface area (Å²) in [5, 5.41) is 11.8. The highest BCUT2D eigenvalue weighted by Gasteiger charge is 2.31. The largest absolute Gasteiger partial charge is 0.449 e. The number of alkyl halides is 1. The van der Waals surface area contributed by atoms with E-state index in [2.05, 4.69) is 0 Å². The van der Waals surface area contributed by atoms with E-state index < -0.39 is 16.8 Å². The van der Waals surface area contributed by atoms with Crippen LogP contribution in [0.5, 0.6) is 0 Å². The summed E-state index contributed by atoms with van der Waals surface area (Å²) < 4.78 is 4.85. The van der Waals surface area contributed by atoms with Crippen molar-refractivity contribution in [2.75, 3.05) is 6.07 Å². The Labute approximate surface area is 146 Å². The van der Waals surface area contributed by atoms with Crippen LogP contribution >= 0.6 is 34.8 Å². The van der Waals surface area contributed by atoms with E-state index in [-0.39, 0.29) is 17.3 Å². The lowest BCUT2D eigenvalue weighted by atomic mass is 9.90. The van der Waals surface area contributed by atoms with Crippen LogP contribution in [-0.2, 0) is 9.53 Å². The minimum atomic E-state index is -1.06. The van der Waals surface area contributed by atoms with E-state index in [1.807, 2.05) is 0 Å². The van der Waals surface area contributed by atoms with E-state index in [4.69, 9.17) is 39.5 Å². The van der Waals surface area contributed by atoms with Gasteiger partial charge in [-0.15, -0.1) is 0 Å². The molecule has 8 heteroatoms. The van der Waals surface area contributed by atoms with Crippen LogP contribution in [0, 0.1) is 10.1 Å². The van der Waals surface area contributed by atoms with Gasteiger partial charge in [-0.25, -0.2) is 0 Å². The Bertz CT molecular complexity index is 731. The standard InChI is InChI=1S/C15H10Cl3NO4/c16-8-23-15(20)14(9-5-10(17)7-11(18)6-9)12-3-1-2-4-13(12)19(21)22/h1-7,14H,8H2. The minimum absolute atomic E-state index is 0.172. The summed E-state index contributed by atoms with van der Waals surface area (Å²) in [6, 6.07) is 10.0. The number of nitro groups is 1. The molecule has 0 aliphatic heterocycles. The van der Waals surface area contributed by atoms with Crippen molar-refractivity contribution in [3.8, 4) is 0 Å². The molecule has 23 heavy (non-hydrogen) atoms. The molecule has 0 N–H and O–H groups in total. The van der Waals surface area contributed by atoms with Crippen molar-refractivity contribution < 1.29 is 14.5 Å². The number of hydrogen-bond donors (Lipinski definition) is 0. The molecule has 0 aromatic heterocycles. The molecule has 1 unspecified atom stereocenters. The van der Waals surface area contributed by atoms with Crippen LogP contribution in [0.2, 0.25) is 10.0 Å². The normalized spacial score (nSPS) is 11.8. The maximum absolute atomic E-state index is 12.3. The Kier molecular flexibility index (Phi) is 5.82. The number of halogens is 3. The van der Waals surface area contributed by atoms with Crippen LogP contribution in [0.4, 0.5) is 5.69 Å². The topological polar surface area (TPSA) is 69.4 Å². The number of nitro benzene ring substituents is 1. The lowest BCUT2D eigenvalue weighted by molar-refractivity contribution is -0.385. The fourth-order valence-electron chi connectivity index (χ4n) is 2.22. The molecule has 0 bridgehead atoms. The Balaban J connectivity index is 2.64. The highest BCUT2D eigenvalue weighted by Crippen LogP contribution is 2.35. The molecule has 2 aromatic rings. The van der Waals surface area contributed by atoms with Crippen molar-refractivity contribution in [1.29, 1.82) is 0 Å². The molecular formula is C15H10Cl3NO4. The highest BCUT2D eigenvalue weighted by atomic mass is 35.5. The van der Waals surface area contributed by atoms with Gasteiger partial charge in [0.2, 0.25) is 0 Å². The number of carbonyl (C=O) groups is 1. The van der Waals surface area contributed by atoms with E-state index in [1.165, 1.54) is 36.4 Å². The fourth-order valence-corrected chi connectivity index (χ4v) is 2.87. The van der Waals surface area contributed by atoms with Crippen LogP contribution in [-0.4, -0.2) is 17.0 Å². The molecule has 0 aliphatic rings. The van der Waals surface area contributed by atoms with Crippen molar-refractivity contribution in [2.24, 2.45) is 0 Å². The van der Waals surface area contributed by atoms with Crippen LogP contribution in [0.25, 0.3) is 0 Å². The summed E-state index contributed by atoms with van der Waals surface area (Å²) in [7, 11) is 0. The molecule has 0 fully saturated rings. The van der Waals surface area contributed by atoms with Gasteiger partial charge in [0.15, 0.2) is 6.07 Å². The van der Waals surface area contributed by atoms with Gasteiger partial charge in [0.1, 0.15) is 5.92 Å². The second kappa shape index (κ2) is 7.64. The Hall–Kier alpha value is -1.82. The summed E-state index contributed by atoms with van der Waals surface area (Å²) in [6.45, 7) is 0. The molecule has 5 nitrogen and oxygen atoms in total. The van der Waals surface area contributed by atoms with Crippen molar-refractivity contribution in [3.63, 3.8) is 0 Å². The average Bonchev–Trinajstić information content (AvgIpc) is 2.47. The summed E-state index contributed by atoms with van der Waals surface area (Å²) in [6.07, 6.45) is 0. The number of esters is 1. The van der Waals surface area contributed by atoms with E-state index in [0.717, 1.165) is 0 Å². The second-order valence-electron chi connectivity index (χ2n) is 4.52. The molecule has 0 radical (unpaired) electrons. The number of hydrogen-bond acceptors (Lipinski definition) is 4. The molecular weight excluding hydrogens is 365 g/mol. The van der Waals surface area contributed by atoms with Gasteiger partial charge >= 0.3 is 5.97 Å². The first kappa shape index (κ1) is 17.5. The van der Waals surface area contributed by atoms with Crippen molar-refractivity contribution in [2.45, 2.75) is 5.92 Å². The first-order valence-electron chi connectivity index (χ1n) is 6.36. The average molecular weight is 375 g/mol. The Morgan fingerprint density at radius 3 is 2.35 bits per heavy atom. The molecule has 120 valence electrons. The lowest BCUT2D eigenvalue weighted by Gasteiger charge is -2.17. The van der Waals surface area contributed by atoms with E-state index in [9.17, 15) is 14.9 Å². The first-order valence-corrected chi connectivity index (χ1v) is 7.65. The van der Waals surface area contributed by atoms with Gasteiger partial charge in [-0.3, -0.25) is 14.9 Å². The van der Waals surface area contributed by atoms with Crippen LogP contribution in [0.1, 0.15) is 17.0 Å². The van der Waals surface area contributed by atoms with Gasteiger partial charge in [0, 0.05) is 21.7 Å². The van der Waals surface area contributed by atoms with Gasteiger partial charge in [-0.1, -0.05) is 53.0 Å². The third-order valence-corrected chi connectivity index (χ3v) is 3.64. The number of para-hydroxylation sites is 1. The predicted octanol–water partition coefficient (Wildman–Crippen LogP) is 4.77. The SMILES string of the molecule is O=C(OCCl)C(c1cc(Cl)cc(Cl)c1)c1ccccc1[N+](=O)[O-]. The zero-order valence-corrected chi connectivity index (χ0v) is 13.8. The summed E-state index contributed by atoms with van der Waals surface area (Å²) in [5.41, 5.74) is 0.345. The zero-order chi connectivity index (χ0) is 17.0. The fraction of sp³-hybridized carbons (Fsp3) is 0.133. The molecule has 0 saturated carbocycles. The highest BCUT2D eigenvalue weighted by molar-refractivity contribution is 6.34. The van der Waals surface area contributed by atoms with Gasteiger partial charge < -0.3 is 4.74 Å². The van der Waals surface area contributed by atoms with Gasteiger partial charge in [-0.2, -0.15) is 0 Å². The minimum Gasteiger partial charge on any atom is -0.449 e. The second-order valence-corrected chi connectivity index (χ2v) is 5.62. The van der Waals surface area contributed by atoms with E-state index in [0.29, 0.717) is 15.6 Å². The lowest BCUT2D eigenvalue weighted by Crippen LogP contribution is -2.18. The molecule has 0 aliphatic carbocycles. The number of benzene rings is 2. The molecule has 2 rings (SSSR count). The molecule has 0 amide bonds. The summed E-state index contributed by atoms with van der Waals surface area (Å²) in [4.78, 5) is 23.0. The Morgan fingerprint density at radius 2 is 1.78 bits per heavy atom. The number of carbonyl (C=O) groups excluding carboxylic acids is 1. The maximum Gasteiger partial charge on any atom is 0.319 e. The van der Waals surface area contributed by atoms with E-state index >= 15 is 0 Å². The van der Waals surface area contributed by atoms with Crippen molar-refractivity contribution in [1.82, 2.24) is 0 Å². The van der Waals surface area contributed by atoms with Gasteiger partial charge in [0.25, 0.3) is 5.69 Å².